The third-order valence-electron chi connectivity index (χ3n) is 2.35. The van der Waals surface area contributed by atoms with E-state index in [-0.39, 0.29) is 0 Å². The summed E-state index contributed by atoms with van der Waals surface area (Å²) in [6, 6.07) is -0.499. The Bertz CT molecular complexity index is 337. The highest BCUT2D eigenvalue weighted by Crippen LogP contribution is 2.09. The molecule has 1 heterocycles. The molecule has 0 amide bonds. The van der Waals surface area contributed by atoms with Crippen LogP contribution in [0.3, 0.4) is 0 Å². The van der Waals surface area contributed by atoms with E-state index in [1.54, 1.807) is 18.9 Å². The second-order valence-electron chi connectivity index (χ2n) is 3.47. The van der Waals surface area contributed by atoms with Crippen molar-refractivity contribution in [2.75, 3.05) is 7.05 Å². The third kappa shape index (κ3) is 2.76. The van der Waals surface area contributed by atoms with E-state index in [1.165, 1.54) is 0 Å². The molecule has 0 aliphatic heterocycles. The van der Waals surface area contributed by atoms with Gasteiger partial charge in [-0.3, -0.25) is 9.69 Å². The van der Waals surface area contributed by atoms with E-state index >= 15 is 0 Å². The zero-order valence-corrected chi connectivity index (χ0v) is 9.10. The Morgan fingerprint density at radius 2 is 2.27 bits per heavy atom. The molecule has 6 heteroatoms. The van der Waals surface area contributed by atoms with Crippen LogP contribution in [0.1, 0.15) is 24.7 Å². The molecule has 0 saturated heterocycles. The van der Waals surface area contributed by atoms with Crippen LogP contribution in [0.25, 0.3) is 0 Å². The number of carboxylic acid groups (broad SMARTS) is 1. The van der Waals surface area contributed by atoms with Gasteiger partial charge in [0.2, 0.25) is 0 Å². The molecule has 0 aliphatic rings. The Kier molecular flexibility index (Phi) is 3.79. The van der Waals surface area contributed by atoms with Gasteiger partial charge in [0.1, 0.15) is 17.4 Å². The van der Waals surface area contributed by atoms with E-state index < -0.39 is 12.0 Å². The predicted molar refractivity (Wildman–Crippen MR) is 52.2 cm³/mol. The molecule has 1 rings (SSSR count). The highest BCUT2D eigenvalue weighted by atomic mass is 16.6. The lowest BCUT2D eigenvalue weighted by atomic mass is 10.2. The summed E-state index contributed by atoms with van der Waals surface area (Å²) in [4.78, 5) is 12.6. The van der Waals surface area contributed by atoms with Crippen LogP contribution in [0.4, 0.5) is 0 Å². The van der Waals surface area contributed by atoms with Crippen molar-refractivity contribution in [2.45, 2.75) is 32.9 Å². The quantitative estimate of drug-likeness (QED) is 0.774. The summed E-state index contributed by atoms with van der Waals surface area (Å²) in [6.07, 6.45) is 0.552. The van der Waals surface area contributed by atoms with Gasteiger partial charge < -0.3 is 5.11 Å². The largest absolute Gasteiger partial charge is 0.480 e. The maximum absolute atomic E-state index is 10.9. The molecule has 84 valence electrons. The second kappa shape index (κ2) is 4.88. The second-order valence-corrected chi connectivity index (χ2v) is 3.47. The molecule has 1 N–H and O–H groups in total. The molecule has 0 fully saturated rings. The fourth-order valence-electron chi connectivity index (χ4n) is 1.41. The summed E-state index contributed by atoms with van der Waals surface area (Å²) in [5, 5.41) is 16.3. The van der Waals surface area contributed by atoms with Crippen molar-refractivity contribution in [1.29, 1.82) is 0 Å². The number of likely N-dealkylation sites (N-methyl/N-ethyl adjacent to an activating group) is 1. The molecule has 1 aromatic rings. The van der Waals surface area contributed by atoms with Crippen molar-refractivity contribution in [3.8, 4) is 0 Å². The van der Waals surface area contributed by atoms with E-state index in [2.05, 4.69) is 14.9 Å². The minimum absolute atomic E-state index is 0.431. The molecule has 0 aromatic carbocycles. The molecule has 1 unspecified atom stereocenters. The number of aromatic nitrogens is 2. The van der Waals surface area contributed by atoms with Crippen LogP contribution in [-0.2, 0) is 11.3 Å². The van der Waals surface area contributed by atoms with Crippen LogP contribution in [0.15, 0.2) is 4.63 Å². The van der Waals surface area contributed by atoms with E-state index in [1.807, 2.05) is 6.92 Å². The fourth-order valence-corrected chi connectivity index (χ4v) is 1.41. The van der Waals surface area contributed by atoms with E-state index in [9.17, 15) is 4.79 Å². The third-order valence-corrected chi connectivity index (χ3v) is 2.35. The summed E-state index contributed by atoms with van der Waals surface area (Å²) in [6.45, 7) is 4.05. The first-order chi connectivity index (χ1) is 7.06. The van der Waals surface area contributed by atoms with Crippen molar-refractivity contribution in [2.24, 2.45) is 0 Å². The van der Waals surface area contributed by atoms with Gasteiger partial charge >= 0.3 is 5.97 Å². The van der Waals surface area contributed by atoms with Crippen molar-refractivity contribution in [3.63, 3.8) is 0 Å². The average molecular weight is 213 g/mol. The molecule has 0 radical (unpaired) electrons. The molecule has 1 aromatic heterocycles. The zero-order valence-electron chi connectivity index (χ0n) is 9.10. The molecule has 0 spiro atoms. The van der Waals surface area contributed by atoms with Gasteiger partial charge in [0.25, 0.3) is 0 Å². The number of hydrogen-bond acceptors (Lipinski definition) is 5. The first-order valence-corrected chi connectivity index (χ1v) is 4.77. The van der Waals surface area contributed by atoms with Crippen LogP contribution in [-0.4, -0.2) is 39.4 Å². The summed E-state index contributed by atoms with van der Waals surface area (Å²) >= 11 is 0. The van der Waals surface area contributed by atoms with Gasteiger partial charge in [0.15, 0.2) is 0 Å². The molecular formula is C9H15N3O3. The van der Waals surface area contributed by atoms with Crippen molar-refractivity contribution in [3.05, 3.63) is 11.4 Å². The SMILES string of the molecule is CCC(C(=O)O)N(C)Cc1nonc1C. The van der Waals surface area contributed by atoms with E-state index in [0.29, 0.717) is 24.4 Å². The van der Waals surface area contributed by atoms with Crippen LogP contribution in [0, 0.1) is 6.92 Å². The Balaban J connectivity index is 2.66. The maximum atomic E-state index is 10.9. The van der Waals surface area contributed by atoms with E-state index in [0.717, 1.165) is 0 Å². The topological polar surface area (TPSA) is 79.5 Å². The minimum Gasteiger partial charge on any atom is -0.480 e. The molecule has 0 aliphatic carbocycles. The molecule has 1 atom stereocenters. The number of nitrogens with zero attached hydrogens (tertiary/aromatic N) is 3. The predicted octanol–water partition coefficient (Wildman–Crippen LogP) is 0.673. The normalized spacial score (nSPS) is 13.1. The lowest BCUT2D eigenvalue weighted by Gasteiger charge is -2.22. The first-order valence-electron chi connectivity index (χ1n) is 4.77. The number of hydrogen-bond donors (Lipinski definition) is 1. The number of aryl methyl sites for hydroxylation is 1. The maximum Gasteiger partial charge on any atom is 0.320 e. The Labute approximate surface area is 87.8 Å². The van der Waals surface area contributed by atoms with E-state index in [4.69, 9.17) is 5.11 Å². The summed E-state index contributed by atoms with van der Waals surface area (Å²) in [5.74, 6) is -0.825. The molecule has 0 saturated carbocycles. The number of aliphatic carboxylic acids is 1. The first kappa shape index (κ1) is 11.6. The zero-order chi connectivity index (χ0) is 11.4. The van der Waals surface area contributed by atoms with Gasteiger partial charge in [-0.05, 0) is 20.4 Å². The fraction of sp³-hybridized carbons (Fsp3) is 0.667. The van der Waals surface area contributed by atoms with Gasteiger partial charge in [-0.2, -0.15) is 0 Å². The number of carboxylic acids is 1. The summed E-state index contributed by atoms with van der Waals surface area (Å²) in [5.41, 5.74) is 1.37. The van der Waals surface area contributed by atoms with Crippen molar-refractivity contribution < 1.29 is 14.5 Å². The summed E-state index contributed by atoms with van der Waals surface area (Å²) < 4.78 is 4.55. The number of carbonyl (C=O) groups is 1. The smallest absolute Gasteiger partial charge is 0.320 e. The lowest BCUT2D eigenvalue weighted by molar-refractivity contribution is -0.143. The van der Waals surface area contributed by atoms with Gasteiger partial charge in [-0.25, -0.2) is 4.63 Å². The molecular weight excluding hydrogens is 198 g/mol. The van der Waals surface area contributed by atoms with Crippen molar-refractivity contribution >= 4 is 5.97 Å². The Hall–Kier alpha value is -1.43. The van der Waals surface area contributed by atoms with Crippen LogP contribution < -0.4 is 0 Å². The van der Waals surface area contributed by atoms with Crippen LogP contribution >= 0.6 is 0 Å². The highest BCUT2D eigenvalue weighted by Gasteiger charge is 2.22. The van der Waals surface area contributed by atoms with Gasteiger partial charge in [-0.1, -0.05) is 17.2 Å². The molecule has 0 bridgehead atoms. The average Bonchev–Trinajstić information content (AvgIpc) is 2.52. The summed E-state index contributed by atoms with van der Waals surface area (Å²) in [7, 11) is 1.75. The monoisotopic (exact) mass is 213 g/mol. The Morgan fingerprint density at radius 3 is 2.67 bits per heavy atom. The Morgan fingerprint density at radius 1 is 1.60 bits per heavy atom. The van der Waals surface area contributed by atoms with Crippen molar-refractivity contribution in [1.82, 2.24) is 15.2 Å². The number of rotatable bonds is 5. The van der Waals surface area contributed by atoms with Crippen LogP contribution in [0.5, 0.6) is 0 Å². The van der Waals surface area contributed by atoms with Crippen LogP contribution in [0.2, 0.25) is 0 Å². The highest BCUT2D eigenvalue weighted by molar-refractivity contribution is 5.73. The van der Waals surface area contributed by atoms with Gasteiger partial charge in [0, 0.05) is 6.54 Å². The van der Waals surface area contributed by atoms with Gasteiger partial charge in [0.05, 0.1) is 0 Å². The van der Waals surface area contributed by atoms with Gasteiger partial charge in [-0.15, -0.1) is 0 Å². The minimum atomic E-state index is -0.825. The molecule has 6 nitrogen and oxygen atoms in total. The lowest BCUT2D eigenvalue weighted by Crippen LogP contribution is -2.37. The molecule has 15 heavy (non-hydrogen) atoms. The standard InChI is InChI=1S/C9H15N3O3/c1-4-8(9(13)14)12(3)5-7-6(2)10-15-11-7/h8H,4-5H2,1-3H3,(H,13,14).